The Hall–Kier alpha value is -6.70. The van der Waals surface area contributed by atoms with Gasteiger partial charge in [0, 0.05) is 22.3 Å². The van der Waals surface area contributed by atoms with E-state index in [0.717, 1.165) is 16.2 Å². The molecular formula is C51H34O. The lowest BCUT2D eigenvalue weighted by molar-refractivity contribution is 0.670. The molecule has 0 fully saturated rings. The first-order valence-electron chi connectivity index (χ1n) is 23.0. The van der Waals surface area contributed by atoms with Crippen LogP contribution in [0.3, 0.4) is 0 Å². The second-order valence-corrected chi connectivity index (χ2v) is 12.6. The van der Waals surface area contributed by atoms with Crippen molar-refractivity contribution in [1.29, 1.82) is 0 Å². The van der Waals surface area contributed by atoms with Crippen LogP contribution < -0.4 is 0 Å². The quantitative estimate of drug-likeness (QED) is 0.160. The Morgan fingerprint density at radius 3 is 1.27 bits per heavy atom. The Morgan fingerprint density at radius 2 is 0.731 bits per heavy atom. The number of para-hydroxylation sites is 2. The molecule has 10 rings (SSSR count). The topological polar surface area (TPSA) is 13.1 Å². The number of hydrogen-bond donors (Lipinski definition) is 0. The summed E-state index contributed by atoms with van der Waals surface area (Å²) in [7, 11) is 0. The van der Waals surface area contributed by atoms with E-state index in [4.69, 9.17) is 4.42 Å². The molecule has 0 saturated carbocycles. The normalized spacial score (nSPS) is 14.9. The Morgan fingerprint density at radius 1 is 0.346 bits per heavy atom. The van der Waals surface area contributed by atoms with Gasteiger partial charge in [-0.3, -0.25) is 0 Å². The van der Waals surface area contributed by atoms with E-state index in [-0.39, 0.29) is 22.3 Å². The van der Waals surface area contributed by atoms with Crippen molar-refractivity contribution in [3.05, 3.63) is 217 Å². The lowest BCUT2D eigenvalue weighted by atomic mass is 9.83. The summed E-state index contributed by atoms with van der Waals surface area (Å²) in [6.45, 7) is 0. The van der Waals surface area contributed by atoms with E-state index in [0.29, 0.717) is 38.5 Å². The van der Waals surface area contributed by atoms with Gasteiger partial charge in [0.25, 0.3) is 0 Å². The van der Waals surface area contributed by atoms with Crippen LogP contribution in [0, 0.1) is 0 Å². The highest BCUT2D eigenvalue weighted by atomic mass is 16.3. The second kappa shape index (κ2) is 12.6. The molecule has 0 bridgehead atoms. The summed E-state index contributed by atoms with van der Waals surface area (Å²) in [5.41, 5.74) is 0.598. The summed E-state index contributed by atoms with van der Waals surface area (Å²) in [6.07, 6.45) is 0. The van der Waals surface area contributed by atoms with Crippen molar-refractivity contribution < 1.29 is 20.9 Å². The van der Waals surface area contributed by atoms with Crippen molar-refractivity contribution in [2.24, 2.45) is 0 Å². The molecule has 0 amide bonds. The fourth-order valence-corrected chi connectivity index (χ4v) is 7.07. The van der Waals surface area contributed by atoms with Gasteiger partial charge in [0.1, 0.15) is 11.2 Å². The summed E-state index contributed by atoms with van der Waals surface area (Å²) in [4.78, 5) is 0. The van der Waals surface area contributed by atoms with Gasteiger partial charge in [0.15, 0.2) is 0 Å². The number of fused-ring (bicyclic) bond motifs is 5. The van der Waals surface area contributed by atoms with Crippen LogP contribution in [0.15, 0.2) is 204 Å². The van der Waals surface area contributed by atoms with Crippen LogP contribution in [0.4, 0.5) is 0 Å². The zero-order valence-electron chi connectivity index (χ0n) is 39.6. The molecule has 1 nitrogen and oxygen atoms in total. The van der Waals surface area contributed by atoms with E-state index in [9.17, 15) is 16.4 Å². The van der Waals surface area contributed by atoms with Gasteiger partial charge in [-0.25, -0.2) is 0 Å². The molecule has 9 aromatic carbocycles. The molecule has 0 aliphatic heterocycles. The van der Waals surface area contributed by atoms with Gasteiger partial charge >= 0.3 is 0 Å². The first-order valence-corrected chi connectivity index (χ1v) is 17.0. The zero-order chi connectivity index (χ0) is 44.9. The SMILES string of the molecule is [2H]c1c([2H])c(C(c2c([2H])c([2H])c(-c3cccc4ccccc34)c([2H])c2[2H])c2c([2H])c([2H])c(-c3cccc4c3oc3ccccc34)c([2H])c2[2H])c([2H])c([2H])c1-c1cccc2ccccc12. The van der Waals surface area contributed by atoms with Gasteiger partial charge in [-0.1, -0.05) is 194 Å². The molecular weight excluding hydrogens is 629 g/mol. The van der Waals surface area contributed by atoms with E-state index < -0.39 is 95.1 Å². The third kappa shape index (κ3) is 5.18. The molecule has 0 spiro atoms. The van der Waals surface area contributed by atoms with Crippen LogP contribution in [0.5, 0.6) is 0 Å². The number of furan rings is 1. The van der Waals surface area contributed by atoms with E-state index in [1.807, 2.05) is 72.8 Å². The van der Waals surface area contributed by atoms with Gasteiger partial charge in [0.05, 0.1) is 16.4 Å². The molecule has 10 aromatic rings. The molecule has 0 saturated heterocycles. The maximum absolute atomic E-state index is 9.64. The molecule has 1 heterocycles. The average Bonchev–Trinajstić information content (AvgIpc) is 3.69. The molecule has 0 radical (unpaired) electrons. The van der Waals surface area contributed by atoms with Crippen molar-refractivity contribution in [3.8, 4) is 33.4 Å². The summed E-state index contributed by atoms with van der Waals surface area (Å²) < 4.78 is 121. The van der Waals surface area contributed by atoms with Crippen molar-refractivity contribution in [2.45, 2.75) is 5.92 Å². The minimum atomic E-state index is -1.85. The predicted octanol–water partition coefficient (Wildman–Crippen LogP) is 14.1. The van der Waals surface area contributed by atoms with E-state index in [1.54, 1.807) is 54.6 Å². The number of benzene rings is 9. The fourth-order valence-electron chi connectivity index (χ4n) is 7.07. The van der Waals surface area contributed by atoms with Crippen molar-refractivity contribution in [2.75, 3.05) is 0 Å². The summed E-state index contributed by atoms with van der Waals surface area (Å²) in [5, 5.41) is 4.43. The highest BCUT2D eigenvalue weighted by Crippen LogP contribution is 2.39. The summed E-state index contributed by atoms with van der Waals surface area (Å²) in [6, 6.07) is 31.3. The van der Waals surface area contributed by atoms with Crippen LogP contribution >= 0.6 is 0 Å². The Balaban J connectivity index is 1.29. The van der Waals surface area contributed by atoms with Gasteiger partial charge in [-0.05, 0) is 72.1 Å². The second-order valence-electron chi connectivity index (χ2n) is 12.6. The molecule has 1 heteroatoms. The van der Waals surface area contributed by atoms with E-state index in [1.165, 1.54) is 0 Å². The van der Waals surface area contributed by atoms with Gasteiger partial charge in [-0.15, -0.1) is 0 Å². The van der Waals surface area contributed by atoms with Crippen LogP contribution in [0.25, 0.3) is 76.9 Å². The van der Waals surface area contributed by atoms with Gasteiger partial charge < -0.3 is 4.42 Å². The van der Waals surface area contributed by atoms with Crippen LogP contribution in [-0.2, 0) is 0 Å². The largest absolute Gasteiger partial charge is 0.455 e. The monoisotopic (exact) mass is 674 g/mol. The lowest BCUT2D eigenvalue weighted by Crippen LogP contribution is -2.03. The first-order chi connectivity index (χ1) is 30.8. The average molecular weight is 675 g/mol. The first kappa shape index (κ1) is 20.2. The molecule has 0 aliphatic carbocycles. The lowest BCUT2D eigenvalue weighted by Gasteiger charge is -2.21. The Kier molecular flexibility index (Phi) is 4.89. The summed E-state index contributed by atoms with van der Waals surface area (Å²) >= 11 is 0. The van der Waals surface area contributed by atoms with Gasteiger partial charge in [-0.2, -0.15) is 0 Å². The highest BCUT2D eigenvalue weighted by molar-refractivity contribution is 6.09. The zero-order valence-corrected chi connectivity index (χ0v) is 27.6. The number of rotatable bonds is 6. The highest BCUT2D eigenvalue weighted by Gasteiger charge is 2.19. The summed E-state index contributed by atoms with van der Waals surface area (Å²) in [5.74, 6) is -1.85. The molecule has 244 valence electrons. The molecule has 0 atom stereocenters. The minimum Gasteiger partial charge on any atom is -0.455 e. The van der Waals surface area contributed by atoms with E-state index >= 15 is 0 Å². The molecule has 0 aliphatic rings. The third-order valence-electron chi connectivity index (χ3n) is 9.59. The van der Waals surface area contributed by atoms with Gasteiger partial charge in [0.2, 0.25) is 0 Å². The molecule has 1 aromatic heterocycles. The van der Waals surface area contributed by atoms with Crippen LogP contribution in [0.2, 0.25) is 0 Å². The smallest absolute Gasteiger partial charge is 0.143 e. The third-order valence-corrected chi connectivity index (χ3v) is 9.59. The molecule has 0 N–H and O–H groups in total. The Labute approximate surface area is 319 Å². The van der Waals surface area contributed by atoms with Crippen LogP contribution in [0.1, 0.15) is 39.1 Å². The maximum Gasteiger partial charge on any atom is 0.143 e. The molecule has 52 heavy (non-hydrogen) atoms. The maximum atomic E-state index is 9.64. The standard InChI is InChI=1S/C51H34O/c1-3-14-42-34(10-1)12-7-17-44(42)36-22-28-39(29-23-36)50(40-30-24-37(25-31-40)45-18-8-13-35-11-2-4-15-43(35)45)41-32-26-38(27-33-41)46-19-9-20-48-47-16-5-6-21-49(47)52-51(46)48/h1-33,50H/i22D,23D,24D,25D,26D,27D,28D,29D,30D,31D,32D,33D. The fraction of sp³-hybridized carbons (Fsp3) is 0.0196. The van der Waals surface area contributed by atoms with Crippen molar-refractivity contribution >= 4 is 43.5 Å². The molecule has 0 unspecified atom stereocenters. The van der Waals surface area contributed by atoms with E-state index in [2.05, 4.69) is 0 Å². The van der Waals surface area contributed by atoms with Crippen LogP contribution in [-0.4, -0.2) is 0 Å². The van der Waals surface area contributed by atoms with Crippen molar-refractivity contribution in [1.82, 2.24) is 0 Å². The number of hydrogen-bond acceptors (Lipinski definition) is 1. The Bertz CT molecular complexity index is 3370. The minimum absolute atomic E-state index is 0.0195. The predicted molar refractivity (Wildman–Crippen MR) is 219 cm³/mol. The van der Waals surface area contributed by atoms with Crippen molar-refractivity contribution in [3.63, 3.8) is 0 Å².